The van der Waals surface area contributed by atoms with E-state index in [1.165, 1.54) is 16.6 Å². The summed E-state index contributed by atoms with van der Waals surface area (Å²) in [5, 5.41) is 1.29. The van der Waals surface area contributed by atoms with Gasteiger partial charge in [-0.2, -0.15) is 0 Å². The van der Waals surface area contributed by atoms with Crippen LogP contribution in [0, 0.1) is 6.92 Å². The van der Waals surface area contributed by atoms with Gasteiger partial charge in [0.1, 0.15) is 5.60 Å². The van der Waals surface area contributed by atoms with Crippen molar-refractivity contribution in [2.45, 2.75) is 33.3 Å². The van der Waals surface area contributed by atoms with Crippen LogP contribution in [0.4, 0.5) is 0 Å². The Morgan fingerprint density at radius 3 is 2.35 bits per heavy atom. The van der Waals surface area contributed by atoms with Crippen molar-refractivity contribution in [2.75, 3.05) is 0 Å². The second kappa shape index (κ2) is 5.53. The highest BCUT2D eigenvalue weighted by atomic mass is 16.5. The van der Waals surface area contributed by atoms with Gasteiger partial charge in [-0.25, -0.2) is 0 Å². The van der Waals surface area contributed by atoms with Crippen LogP contribution >= 0.6 is 0 Å². The summed E-state index contributed by atoms with van der Waals surface area (Å²) in [6.45, 7) is 7.99. The highest BCUT2D eigenvalue weighted by molar-refractivity contribution is 5.79. The Balaban J connectivity index is 0.000000185. The van der Waals surface area contributed by atoms with Gasteiger partial charge in [-0.15, -0.1) is 0 Å². The zero-order valence-electron chi connectivity index (χ0n) is 10.8. The van der Waals surface area contributed by atoms with Crippen LogP contribution in [0.5, 0.6) is 0 Å². The summed E-state index contributed by atoms with van der Waals surface area (Å²) >= 11 is 0. The zero-order chi connectivity index (χ0) is 12.9. The minimum Gasteiger partial charge on any atom is -0.462 e. The maximum atomic E-state index is 9.60. The van der Waals surface area contributed by atoms with Gasteiger partial charge in [0, 0.05) is 11.2 Å². The molecule has 0 bridgehead atoms. The molecule has 3 nitrogen and oxygen atoms in total. The van der Waals surface area contributed by atoms with Crippen molar-refractivity contribution >= 4 is 17.4 Å². The first-order chi connectivity index (χ1) is 7.92. The summed E-state index contributed by atoms with van der Waals surface area (Å²) in [7, 11) is 0. The van der Waals surface area contributed by atoms with Crippen molar-refractivity contribution in [1.29, 1.82) is 0 Å². The SMILES string of the molecule is CC(C)(C)OC=O.Cc1cc2ccccc2[nH]1. The first-order valence-electron chi connectivity index (χ1n) is 5.58. The summed E-state index contributed by atoms with van der Waals surface area (Å²) in [6, 6.07) is 10.4. The number of carbonyl (C=O) groups excluding carboxylic acids is 1. The Labute approximate surface area is 102 Å². The van der Waals surface area contributed by atoms with Gasteiger partial charge in [-0.05, 0) is 45.2 Å². The summed E-state index contributed by atoms with van der Waals surface area (Å²) in [5.41, 5.74) is 2.13. The summed E-state index contributed by atoms with van der Waals surface area (Å²) < 4.78 is 4.55. The molecule has 0 amide bonds. The normalized spacial score (nSPS) is 10.6. The summed E-state index contributed by atoms with van der Waals surface area (Å²) in [4.78, 5) is 12.9. The molecule has 0 radical (unpaired) electrons. The van der Waals surface area contributed by atoms with Gasteiger partial charge in [0.05, 0.1) is 0 Å². The van der Waals surface area contributed by atoms with E-state index in [-0.39, 0.29) is 5.60 Å². The molecule has 0 saturated carbocycles. The third-order valence-corrected chi connectivity index (χ3v) is 2.07. The molecule has 0 unspecified atom stereocenters. The fourth-order valence-corrected chi connectivity index (χ4v) is 1.36. The quantitative estimate of drug-likeness (QED) is 0.767. The molecule has 1 aromatic carbocycles. The van der Waals surface area contributed by atoms with E-state index in [2.05, 4.69) is 40.9 Å². The molecule has 1 aromatic heterocycles. The number of aromatic amines is 1. The number of rotatable bonds is 1. The van der Waals surface area contributed by atoms with Crippen LogP contribution in [0.25, 0.3) is 10.9 Å². The van der Waals surface area contributed by atoms with Gasteiger partial charge >= 0.3 is 0 Å². The fraction of sp³-hybridized carbons (Fsp3) is 0.357. The Morgan fingerprint density at radius 2 is 1.88 bits per heavy atom. The summed E-state index contributed by atoms with van der Waals surface area (Å²) in [5.74, 6) is 0. The van der Waals surface area contributed by atoms with Crippen LogP contribution in [0.2, 0.25) is 0 Å². The smallest absolute Gasteiger partial charge is 0.293 e. The van der Waals surface area contributed by atoms with Gasteiger partial charge in [-0.1, -0.05) is 18.2 Å². The predicted octanol–water partition coefficient (Wildman–Crippen LogP) is 3.43. The van der Waals surface area contributed by atoms with Crippen LogP contribution in [0.1, 0.15) is 26.5 Å². The molecular formula is C14H19NO2. The number of hydrogen-bond donors (Lipinski definition) is 1. The highest BCUT2D eigenvalue weighted by Gasteiger charge is 2.07. The number of benzene rings is 1. The van der Waals surface area contributed by atoms with E-state index in [9.17, 15) is 4.79 Å². The van der Waals surface area contributed by atoms with Crippen LogP contribution in [-0.4, -0.2) is 17.1 Å². The van der Waals surface area contributed by atoms with Crippen molar-refractivity contribution in [3.8, 4) is 0 Å². The van der Waals surface area contributed by atoms with Crippen molar-refractivity contribution in [1.82, 2.24) is 4.98 Å². The van der Waals surface area contributed by atoms with E-state index < -0.39 is 0 Å². The lowest BCUT2D eigenvalue weighted by molar-refractivity contribution is -0.138. The van der Waals surface area contributed by atoms with Crippen molar-refractivity contribution in [3.05, 3.63) is 36.0 Å². The molecule has 0 saturated heterocycles. The van der Waals surface area contributed by atoms with Crippen LogP contribution in [0.3, 0.4) is 0 Å². The Bertz CT molecular complexity index is 447. The number of aryl methyl sites for hydroxylation is 1. The summed E-state index contributed by atoms with van der Waals surface area (Å²) in [6.07, 6.45) is 0. The van der Waals surface area contributed by atoms with E-state index in [1.807, 2.05) is 26.8 Å². The second-order valence-corrected chi connectivity index (χ2v) is 4.87. The number of carbonyl (C=O) groups is 1. The molecule has 17 heavy (non-hydrogen) atoms. The first kappa shape index (κ1) is 13.3. The van der Waals surface area contributed by atoms with Crippen molar-refractivity contribution in [3.63, 3.8) is 0 Å². The molecule has 1 N–H and O–H groups in total. The molecule has 1 heterocycles. The van der Waals surface area contributed by atoms with Gasteiger partial charge < -0.3 is 9.72 Å². The number of ether oxygens (including phenoxy) is 1. The van der Waals surface area contributed by atoms with E-state index in [1.54, 1.807) is 0 Å². The number of aromatic nitrogens is 1. The number of fused-ring (bicyclic) bond motifs is 1. The maximum Gasteiger partial charge on any atom is 0.293 e. The van der Waals surface area contributed by atoms with E-state index in [0.717, 1.165) is 0 Å². The molecule has 92 valence electrons. The Morgan fingerprint density at radius 1 is 1.24 bits per heavy atom. The van der Waals surface area contributed by atoms with Gasteiger partial charge in [0.2, 0.25) is 0 Å². The highest BCUT2D eigenvalue weighted by Crippen LogP contribution is 2.12. The number of hydrogen-bond acceptors (Lipinski definition) is 2. The molecule has 0 aliphatic heterocycles. The third kappa shape index (κ3) is 4.72. The van der Waals surface area contributed by atoms with Crippen LogP contribution < -0.4 is 0 Å². The van der Waals surface area contributed by atoms with Gasteiger partial charge in [0.15, 0.2) is 0 Å². The fourth-order valence-electron chi connectivity index (χ4n) is 1.36. The largest absolute Gasteiger partial charge is 0.462 e. The topological polar surface area (TPSA) is 42.1 Å². The van der Waals surface area contributed by atoms with Crippen LogP contribution in [0.15, 0.2) is 30.3 Å². The van der Waals surface area contributed by atoms with Gasteiger partial charge in [0.25, 0.3) is 6.47 Å². The Kier molecular flexibility index (Phi) is 4.32. The van der Waals surface area contributed by atoms with E-state index >= 15 is 0 Å². The lowest BCUT2D eigenvalue weighted by atomic mass is 10.2. The lowest BCUT2D eigenvalue weighted by Gasteiger charge is -2.14. The molecule has 2 aromatic rings. The maximum absolute atomic E-state index is 9.60. The molecule has 2 rings (SSSR count). The predicted molar refractivity (Wildman–Crippen MR) is 69.9 cm³/mol. The number of para-hydroxylation sites is 1. The molecule has 0 atom stereocenters. The third-order valence-electron chi connectivity index (χ3n) is 2.07. The number of nitrogens with one attached hydrogen (secondary N) is 1. The van der Waals surface area contributed by atoms with Crippen LogP contribution in [-0.2, 0) is 9.53 Å². The van der Waals surface area contributed by atoms with Gasteiger partial charge in [-0.3, -0.25) is 4.79 Å². The first-order valence-corrected chi connectivity index (χ1v) is 5.58. The van der Waals surface area contributed by atoms with E-state index in [0.29, 0.717) is 6.47 Å². The minimum absolute atomic E-state index is 0.318. The zero-order valence-corrected chi connectivity index (χ0v) is 10.8. The molecule has 0 aliphatic carbocycles. The van der Waals surface area contributed by atoms with Crippen molar-refractivity contribution in [2.24, 2.45) is 0 Å². The molecule has 0 spiro atoms. The molecular weight excluding hydrogens is 214 g/mol. The van der Waals surface area contributed by atoms with E-state index in [4.69, 9.17) is 0 Å². The average Bonchev–Trinajstić information content (AvgIpc) is 2.56. The lowest BCUT2D eigenvalue weighted by Crippen LogP contribution is -2.17. The Hall–Kier alpha value is -1.77. The molecule has 3 heteroatoms. The molecule has 0 aliphatic rings. The monoisotopic (exact) mass is 233 g/mol. The second-order valence-electron chi connectivity index (χ2n) is 4.87. The minimum atomic E-state index is -0.318. The average molecular weight is 233 g/mol. The standard InChI is InChI=1S/C9H9N.C5H10O2/c1-7-6-8-4-2-3-5-9(8)10-7;1-5(2,3)7-4-6/h2-6,10H,1H3;4H,1-3H3. The number of H-pyrrole nitrogens is 1. The van der Waals surface area contributed by atoms with Crippen molar-refractivity contribution < 1.29 is 9.53 Å². The molecule has 0 fully saturated rings.